The van der Waals surface area contributed by atoms with E-state index in [-0.39, 0.29) is 0 Å². The molecule has 0 saturated carbocycles. The van der Waals surface area contributed by atoms with Gasteiger partial charge in [0.15, 0.2) is 0 Å². The van der Waals surface area contributed by atoms with Gasteiger partial charge in [-0.15, -0.1) is 11.8 Å². The molecular weight excluding hydrogens is 196 g/mol. The number of aliphatic hydroxyl groups is 1. The Balaban J connectivity index is 1.95. The third kappa shape index (κ3) is 4.32. The molecule has 3 nitrogen and oxygen atoms in total. The summed E-state index contributed by atoms with van der Waals surface area (Å²) >= 11 is 1.71. The minimum Gasteiger partial charge on any atom is -0.396 e. The molecule has 0 spiro atoms. The molecular formula is C10H18N2OS. The molecule has 80 valence electrons. The van der Waals surface area contributed by atoms with E-state index >= 15 is 0 Å². The van der Waals surface area contributed by atoms with Crippen molar-refractivity contribution >= 4 is 11.8 Å². The molecule has 0 aromatic heterocycles. The maximum absolute atomic E-state index is 8.96. The summed E-state index contributed by atoms with van der Waals surface area (Å²) in [6, 6.07) is 2.13. The standard InChI is InChI=1S/C10H18N2OS/c11-3-7-14-6-1-4-12-5-2-10(8-12)9-13/h10,13H,1-2,4-9H2. The topological polar surface area (TPSA) is 47.3 Å². The highest BCUT2D eigenvalue weighted by molar-refractivity contribution is 7.99. The van der Waals surface area contributed by atoms with Gasteiger partial charge < -0.3 is 10.0 Å². The van der Waals surface area contributed by atoms with Crippen LogP contribution in [-0.4, -0.2) is 47.8 Å². The van der Waals surface area contributed by atoms with Crippen molar-refractivity contribution in [3.8, 4) is 6.07 Å². The lowest BCUT2D eigenvalue weighted by molar-refractivity contribution is 0.222. The molecule has 1 fully saturated rings. The lowest BCUT2D eigenvalue weighted by atomic mass is 10.1. The van der Waals surface area contributed by atoms with Crippen molar-refractivity contribution in [3.63, 3.8) is 0 Å². The van der Waals surface area contributed by atoms with Crippen LogP contribution in [0.4, 0.5) is 0 Å². The molecule has 14 heavy (non-hydrogen) atoms. The van der Waals surface area contributed by atoms with E-state index in [1.54, 1.807) is 11.8 Å². The second-order valence-corrected chi connectivity index (χ2v) is 4.81. The zero-order chi connectivity index (χ0) is 10.2. The molecule has 0 radical (unpaired) electrons. The fraction of sp³-hybridized carbons (Fsp3) is 0.900. The van der Waals surface area contributed by atoms with Gasteiger partial charge in [0.05, 0.1) is 11.8 Å². The highest BCUT2D eigenvalue weighted by Crippen LogP contribution is 2.15. The Morgan fingerprint density at radius 2 is 2.43 bits per heavy atom. The van der Waals surface area contributed by atoms with Gasteiger partial charge in [-0.2, -0.15) is 5.26 Å². The van der Waals surface area contributed by atoms with Crippen molar-refractivity contribution < 1.29 is 5.11 Å². The van der Waals surface area contributed by atoms with Crippen molar-refractivity contribution in [1.82, 2.24) is 4.90 Å². The predicted octanol–water partition coefficient (Wildman–Crippen LogP) is 0.947. The van der Waals surface area contributed by atoms with Gasteiger partial charge in [-0.1, -0.05) is 0 Å². The largest absolute Gasteiger partial charge is 0.396 e. The summed E-state index contributed by atoms with van der Waals surface area (Å²) in [5.41, 5.74) is 0. The molecule has 0 aromatic carbocycles. The van der Waals surface area contributed by atoms with Crippen LogP contribution in [0.5, 0.6) is 0 Å². The van der Waals surface area contributed by atoms with Crippen LogP contribution in [0, 0.1) is 17.2 Å². The third-order valence-electron chi connectivity index (χ3n) is 2.56. The van der Waals surface area contributed by atoms with Gasteiger partial charge in [0.25, 0.3) is 0 Å². The Bertz CT molecular complexity index is 193. The van der Waals surface area contributed by atoms with E-state index < -0.39 is 0 Å². The van der Waals surface area contributed by atoms with E-state index in [2.05, 4.69) is 11.0 Å². The van der Waals surface area contributed by atoms with Crippen LogP contribution in [0.2, 0.25) is 0 Å². The molecule has 0 aromatic rings. The Hall–Kier alpha value is -0.240. The summed E-state index contributed by atoms with van der Waals surface area (Å²) < 4.78 is 0. The summed E-state index contributed by atoms with van der Waals surface area (Å²) in [5, 5.41) is 17.3. The fourth-order valence-electron chi connectivity index (χ4n) is 1.77. The number of nitrogens with zero attached hydrogens (tertiary/aromatic N) is 2. The Kier molecular flexibility index (Phi) is 6.00. The summed E-state index contributed by atoms with van der Waals surface area (Å²) in [7, 11) is 0. The average molecular weight is 214 g/mol. The Morgan fingerprint density at radius 3 is 3.07 bits per heavy atom. The van der Waals surface area contributed by atoms with Gasteiger partial charge in [-0.05, 0) is 37.6 Å². The van der Waals surface area contributed by atoms with E-state index in [1.807, 2.05) is 0 Å². The first-order valence-corrected chi connectivity index (χ1v) is 6.30. The molecule has 1 aliphatic heterocycles. The molecule has 0 aliphatic carbocycles. The third-order valence-corrected chi connectivity index (χ3v) is 3.47. The maximum atomic E-state index is 8.96. The number of hydrogen-bond acceptors (Lipinski definition) is 4. The van der Waals surface area contributed by atoms with Gasteiger partial charge >= 0.3 is 0 Å². The molecule has 1 unspecified atom stereocenters. The van der Waals surface area contributed by atoms with Crippen LogP contribution < -0.4 is 0 Å². The molecule has 1 aliphatic rings. The highest BCUT2D eigenvalue weighted by Gasteiger charge is 2.20. The molecule has 4 heteroatoms. The van der Waals surface area contributed by atoms with E-state index in [0.717, 1.165) is 38.2 Å². The van der Waals surface area contributed by atoms with Crippen molar-refractivity contribution in [2.75, 3.05) is 37.7 Å². The van der Waals surface area contributed by atoms with Gasteiger partial charge in [0.1, 0.15) is 0 Å². The molecule has 1 rings (SSSR count). The molecule has 0 bridgehead atoms. The van der Waals surface area contributed by atoms with Gasteiger partial charge in [-0.3, -0.25) is 0 Å². The zero-order valence-electron chi connectivity index (χ0n) is 8.48. The van der Waals surface area contributed by atoms with Crippen molar-refractivity contribution in [2.45, 2.75) is 12.8 Å². The average Bonchev–Trinajstić information content (AvgIpc) is 2.65. The zero-order valence-corrected chi connectivity index (χ0v) is 9.30. The number of thioether (sulfide) groups is 1. The van der Waals surface area contributed by atoms with E-state index in [1.165, 1.54) is 0 Å². The van der Waals surface area contributed by atoms with Gasteiger partial charge in [-0.25, -0.2) is 0 Å². The summed E-state index contributed by atoms with van der Waals surface area (Å²) in [6.45, 7) is 3.64. The first-order chi connectivity index (χ1) is 6.86. The van der Waals surface area contributed by atoms with Crippen LogP contribution in [-0.2, 0) is 0 Å². The SMILES string of the molecule is N#CCSCCCN1CCC(CO)C1. The summed E-state index contributed by atoms with van der Waals surface area (Å²) in [4.78, 5) is 2.41. The second-order valence-electron chi connectivity index (χ2n) is 3.70. The molecule has 0 amide bonds. The molecule has 1 atom stereocenters. The van der Waals surface area contributed by atoms with E-state index in [4.69, 9.17) is 10.4 Å². The van der Waals surface area contributed by atoms with Crippen LogP contribution >= 0.6 is 11.8 Å². The number of likely N-dealkylation sites (tertiary alicyclic amines) is 1. The number of hydrogen-bond donors (Lipinski definition) is 1. The van der Waals surface area contributed by atoms with Gasteiger partial charge in [0, 0.05) is 13.2 Å². The second kappa shape index (κ2) is 7.10. The first kappa shape index (κ1) is 11.8. The van der Waals surface area contributed by atoms with Gasteiger partial charge in [0.2, 0.25) is 0 Å². The normalized spacial score (nSPS) is 22.4. The van der Waals surface area contributed by atoms with Crippen LogP contribution in [0.1, 0.15) is 12.8 Å². The van der Waals surface area contributed by atoms with Crippen molar-refractivity contribution in [1.29, 1.82) is 5.26 Å². The smallest absolute Gasteiger partial charge is 0.0808 e. The lowest BCUT2D eigenvalue weighted by Crippen LogP contribution is -2.23. The van der Waals surface area contributed by atoms with Crippen LogP contribution in [0.15, 0.2) is 0 Å². The maximum Gasteiger partial charge on any atom is 0.0808 e. The Morgan fingerprint density at radius 1 is 1.57 bits per heavy atom. The minimum absolute atomic E-state index is 0.333. The number of nitriles is 1. The van der Waals surface area contributed by atoms with Crippen molar-refractivity contribution in [2.24, 2.45) is 5.92 Å². The minimum atomic E-state index is 0.333. The summed E-state index contributed by atoms with van der Waals surface area (Å²) in [5.74, 6) is 2.19. The van der Waals surface area contributed by atoms with Crippen molar-refractivity contribution in [3.05, 3.63) is 0 Å². The van der Waals surface area contributed by atoms with Crippen LogP contribution in [0.25, 0.3) is 0 Å². The lowest BCUT2D eigenvalue weighted by Gasteiger charge is -2.14. The molecule has 1 saturated heterocycles. The van der Waals surface area contributed by atoms with Crippen LogP contribution in [0.3, 0.4) is 0 Å². The molecule has 1 heterocycles. The number of aliphatic hydroxyl groups excluding tert-OH is 1. The number of rotatable bonds is 6. The Labute approximate surface area is 90.1 Å². The van der Waals surface area contributed by atoms with E-state index in [0.29, 0.717) is 18.3 Å². The molecule has 1 N–H and O–H groups in total. The highest BCUT2D eigenvalue weighted by atomic mass is 32.2. The quantitative estimate of drug-likeness (QED) is 0.669. The summed E-state index contributed by atoms with van der Waals surface area (Å²) in [6.07, 6.45) is 2.30. The monoisotopic (exact) mass is 214 g/mol. The van der Waals surface area contributed by atoms with E-state index in [9.17, 15) is 0 Å². The first-order valence-electron chi connectivity index (χ1n) is 5.14. The predicted molar refractivity (Wildman–Crippen MR) is 59.2 cm³/mol. The fourth-order valence-corrected chi connectivity index (χ4v) is 2.34.